The van der Waals surface area contributed by atoms with Gasteiger partial charge < -0.3 is 0 Å². The molecule has 0 radical (unpaired) electrons. The predicted octanol–water partition coefficient (Wildman–Crippen LogP) is 9.12. The van der Waals surface area contributed by atoms with Crippen LogP contribution in [0.25, 0.3) is 43.8 Å². The maximum absolute atomic E-state index is 3.84. The molecule has 146 valence electrons. The highest BCUT2D eigenvalue weighted by molar-refractivity contribution is 9.08. The van der Waals surface area contributed by atoms with Gasteiger partial charge >= 0.3 is 0 Å². The maximum Gasteiger partial charge on any atom is 0.0295 e. The molecule has 0 aliphatic heterocycles. The lowest BCUT2D eigenvalue weighted by Gasteiger charge is -2.21. The van der Waals surface area contributed by atoms with Crippen LogP contribution in [-0.2, 0) is 10.7 Å². The highest BCUT2D eigenvalue weighted by atomic mass is 79.9. The van der Waals surface area contributed by atoms with Gasteiger partial charge in [0.25, 0.3) is 0 Å². The molecule has 5 rings (SSSR count). The first kappa shape index (κ1) is 19.5. The normalized spacial score (nSPS) is 11.3. The van der Waals surface area contributed by atoms with Crippen LogP contribution >= 0.6 is 31.9 Å². The monoisotopic (exact) mass is 514 g/mol. The standard InChI is InChI=1S/C28H20Br2/c29-17-22-15-14-20-10-4-6-12-23(20)27(22)28-24-13-7-5-11-21(24)16-25(26(28)18-30)19-8-2-1-3-9-19/h1-16H,17-18H2. The molecule has 2 heteroatoms. The number of benzene rings is 5. The fraction of sp³-hybridized carbons (Fsp3) is 0.0714. The summed E-state index contributed by atoms with van der Waals surface area (Å²) in [5.74, 6) is 0. The molecule has 0 spiro atoms. The molecule has 0 heterocycles. The van der Waals surface area contributed by atoms with Gasteiger partial charge in [-0.05, 0) is 61.0 Å². The van der Waals surface area contributed by atoms with Crippen LogP contribution in [0.4, 0.5) is 0 Å². The van der Waals surface area contributed by atoms with Gasteiger partial charge in [-0.3, -0.25) is 0 Å². The van der Waals surface area contributed by atoms with Crippen molar-refractivity contribution in [1.82, 2.24) is 0 Å². The molecule has 0 nitrogen and oxygen atoms in total. The molecular weight excluding hydrogens is 496 g/mol. The van der Waals surface area contributed by atoms with Gasteiger partial charge in [0.1, 0.15) is 0 Å². The van der Waals surface area contributed by atoms with Crippen molar-refractivity contribution in [3.63, 3.8) is 0 Å². The summed E-state index contributed by atoms with van der Waals surface area (Å²) < 4.78 is 0. The number of hydrogen-bond acceptors (Lipinski definition) is 0. The fourth-order valence-corrected chi connectivity index (χ4v) is 5.46. The van der Waals surface area contributed by atoms with Crippen LogP contribution in [0.15, 0.2) is 97.1 Å². The highest BCUT2D eigenvalue weighted by Crippen LogP contribution is 2.44. The van der Waals surface area contributed by atoms with Gasteiger partial charge in [-0.25, -0.2) is 0 Å². The third kappa shape index (κ3) is 3.29. The second kappa shape index (κ2) is 8.37. The molecule has 0 aromatic heterocycles. The molecule has 0 N–H and O–H groups in total. The number of fused-ring (bicyclic) bond motifs is 2. The van der Waals surface area contributed by atoms with Crippen molar-refractivity contribution in [2.45, 2.75) is 10.7 Å². The average Bonchev–Trinajstić information content (AvgIpc) is 2.82. The minimum atomic E-state index is 0.794. The topological polar surface area (TPSA) is 0 Å². The first-order chi connectivity index (χ1) is 14.8. The van der Waals surface area contributed by atoms with E-state index in [1.54, 1.807) is 0 Å². The van der Waals surface area contributed by atoms with E-state index in [2.05, 4.69) is 129 Å². The molecule has 0 aliphatic rings. The summed E-state index contributed by atoms with van der Waals surface area (Å²) in [5, 5.41) is 6.75. The molecule has 0 amide bonds. The lowest BCUT2D eigenvalue weighted by Crippen LogP contribution is -1.97. The van der Waals surface area contributed by atoms with Gasteiger partial charge in [-0.1, -0.05) is 123 Å². The summed E-state index contributed by atoms with van der Waals surface area (Å²) in [6.45, 7) is 0. The third-order valence-corrected chi connectivity index (χ3v) is 6.95. The van der Waals surface area contributed by atoms with Crippen LogP contribution in [0.5, 0.6) is 0 Å². The van der Waals surface area contributed by atoms with Gasteiger partial charge in [0.05, 0.1) is 0 Å². The van der Waals surface area contributed by atoms with Crippen molar-refractivity contribution in [1.29, 1.82) is 0 Å². The largest absolute Gasteiger partial charge is 0.0876 e. The fourth-order valence-electron chi connectivity index (χ4n) is 4.41. The van der Waals surface area contributed by atoms with Gasteiger partial charge in [0.2, 0.25) is 0 Å². The quantitative estimate of drug-likeness (QED) is 0.209. The zero-order valence-corrected chi connectivity index (χ0v) is 19.6. The molecule has 5 aromatic carbocycles. The summed E-state index contributed by atoms with van der Waals surface area (Å²) in [6, 6.07) is 35.0. The first-order valence-corrected chi connectivity index (χ1v) is 12.3. The van der Waals surface area contributed by atoms with E-state index in [1.165, 1.54) is 54.9 Å². The minimum absolute atomic E-state index is 0.794. The van der Waals surface area contributed by atoms with Crippen LogP contribution < -0.4 is 0 Å². The van der Waals surface area contributed by atoms with E-state index >= 15 is 0 Å². The van der Waals surface area contributed by atoms with E-state index in [4.69, 9.17) is 0 Å². The Kier molecular flexibility index (Phi) is 5.45. The minimum Gasteiger partial charge on any atom is -0.0876 e. The van der Waals surface area contributed by atoms with Gasteiger partial charge in [-0.2, -0.15) is 0 Å². The smallest absolute Gasteiger partial charge is 0.0295 e. The number of alkyl halides is 2. The zero-order valence-electron chi connectivity index (χ0n) is 16.4. The lowest BCUT2D eigenvalue weighted by molar-refractivity contribution is 1.41. The Balaban J connectivity index is 1.99. The van der Waals surface area contributed by atoms with E-state index in [-0.39, 0.29) is 0 Å². The molecule has 0 unspecified atom stereocenters. The molecule has 30 heavy (non-hydrogen) atoms. The Bertz CT molecular complexity index is 1350. The molecule has 0 atom stereocenters. The second-order valence-electron chi connectivity index (χ2n) is 7.45. The number of hydrogen-bond donors (Lipinski definition) is 0. The summed E-state index contributed by atoms with van der Waals surface area (Å²) in [7, 11) is 0. The summed E-state index contributed by atoms with van der Waals surface area (Å²) in [5.41, 5.74) is 7.84. The van der Waals surface area contributed by atoms with Crippen molar-refractivity contribution in [2.24, 2.45) is 0 Å². The van der Waals surface area contributed by atoms with E-state index in [0.717, 1.165) is 10.7 Å². The molecule has 0 bridgehead atoms. The summed E-state index contributed by atoms with van der Waals surface area (Å²) in [6.07, 6.45) is 0. The number of rotatable bonds is 4. The Labute approximate surface area is 193 Å². The van der Waals surface area contributed by atoms with E-state index in [0.29, 0.717) is 0 Å². The van der Waals surface area contributed by atoms with Crippen molar-refractivity contribution >= 4 is 53.4 Å². The van der Waals surface area contributed by atoms with E-state index in [1.807, 2.05) is 0 Å². The Morgan fingerprint density at radius 3 is 1.87 bits per heavy atom. The van der Waals surface area contributed by atoms with Crippen molar-refractivity contribution < 1.29 is 0 Å². The SMILES string of the molecule is BrCc1ccc2ccccc2c1-c1c(CBr)c(-c2ccccc2)cc2ccccc12. The van der Waals surface area contributed by atoms with Gasteiger partial charge in [0.15, 0.2) is 0 Å². The average molecular weight is 516 g/mol. The Hall–Kier alpha value is -2.42. The van der Waals surface area contributed by atoms with Crippen LogP contribution in [-0.4, -0.2) is 0 Å². The van der Waals surface area contributed by atoms with Gasteiger partial charge in [0, 0.05) is 10.7 Å². The van der Waals surface area contributed by atoms with Crippen LogP contribution in [0.3, 0.4) is 0 Å². The van der Waals surface area contributed by atoms with E-state index in [9.17, 15) is 0 Å². The highest BCUT2D eigenvalue weighted by Gasteiger charge is 2.19. The molecule has 0 aliphatic carbocycles. The maximum atomic E-state index is 3.84. The number of halogens is 2. The van der Waals surface area contributed by atoms with Crippen LogP contribution in [0.1, 0.15) is 11.1 Å². The predicted molar refractivity (Wildman–Crippen MR) is 138 cm³/mol. The summed E-state index contributed by atoms with van der Waals surface area (Å²) in [4.78, 5) is 0. The molecule has 0 saturated heterocycles. The second-order valence-corrected chi connectivity index (χ2v) is 8.57. The lowest BCUT2D eigenvalue weighted by atomic mass is 9.84. The first-order valence-electron chi connectivity index (χ1n) is 10.0. The third-order valence-electron chi connectivity index (χ3n) is 5.78. The van der Waals surface area contributed by atoms with Crippen LogP contribution in [0, 0.1) is 0 Å². The Morgan fingerprint density at radius 1 is 0.533 bits per heavy atom. The van der Waals surface area contributed by atoms with Crippen molar-refractivity contribution in [2.75, 3.05) is 0 Å². The molecule has 0 fully saturated rings. The zero-order chi connectivity index (χ0) is 20.5. The Morgan fingerprint density at radius 2 is 1.17 bits per heavy atom. The molecule has 0 saturated carbocycles. The van der Waals surface area contributed by atoms with Crippen molar-refractivity contribution in [3.8, 4) is 22.3 Å². The summed E-state index contributed by atoms with van der Waals surface area (Å²) >= 11 is 7.59. The molecule has 5 aromatic rings. The molecular formula is C28H20Br2. The van der Waals surface area contributed by atoms with Gasteiger partial charge in [-0.15, -0.1) is 0 Å². The van der Waals surface area contributed by atoms with E-state index < -0.39 is 0 Å². The van der Waals surface area contributed by atoms with Crippen LogP contribution in [0.2, 0.25) is 0 Å². The van der Waals surface area contributed by atoms with Crippen molar-refractivity contribution in [3.05, 3.63) is 108 Å².